The van der Waals surface area contributed by atoms with Crippen molar-refractivity contribution in [3.8, 4) is 0 Å². The van der Waals surface area contributed by atoms with E-state index in [-0.39, 0.29) is 35.6 Å². The van der Waals surface area contributed by atoms with Crippen molar-refractivity contribution in [2.45, 2.75) is 64.5 Å². The van der Waals surface area contributed by atoms with Gasteiger partial charge in [-0.15, -0.1) is 24.0 Å². The molecule has 6 heteroatoms. The van der Waals surface area contributed by atoms with Crippen LogP contribution in [0.2, 0.25) is 0 Å². The smallest absolute Gasteiger partial charge is 0.191 e. The van der Waals surface area contributed by atoms with Crippen molar-refractivity contribution in [1.29, 1.82) is 0 Å². The molecule has 2 fully saturated rings. The number of piperidine rings is 2. The molecule has 2 N–H and O–H groups in total. The molecular weight excluding hydrogens is 485 g/mol. The maximum atomic E-state index is 5.14. The van der Waals surface area contributed by atoms with Crippen molar-refractivity contribution < 1.29 is 0 Å². The molecule has 1 atom stereocenters. The van der Waals surface area contributed by atoms with Crippen LogP contribution in [0.5, 0.6) is 0 Å². The molecule has 0 aromatic heterocycles. The fraction of sp³-hybridized carbons (Fsp3) is 0.708. The first-order valence-electron chi connectivity index (χ1n) is 11.6. The molecule has 1 unspecified atom stereocenters. The molecule has 1 aromatic rings. The molecule has 3 rings (SSSR count). The maximum Gasteiger partial charge on any atom is 0.191 e. The van der Waals surface area contributed by atoms with Gasteiger partial charge in [-0.05, 0) is 90.8 Å². The lowest BCUT2D eigenvalue weighted by molar-refractivity contribution is 0.0208. The average Bonchev–Trinajstić information content (AvgIpc) is 2.74. The van der Waals surface area contributed by atoms with Crippen molar-refractivity contribution >= 4 is 29.9 Å². The molecule has 2 aliphatic heterocycles. The predicted molar refractivity (Wildman–Crippen MR) is 139 cm³/mol. The van der Waals surface area contributed by atoms with E-state index in [2.05, 4.69) is 72.5 Å². The second kappa shape index (κ2) is 12.2. The standard InChI is InChI=1S/C24H41N5.HI/c1-5-25-23(27-21(3)22-12-8-7-11-20(22)2)26-19-24(13-17-28(4)18-14-24)29-15-9-6-10-16-29;/h7-8,11-12,21H,5-6,9-10,13-19H2,1-4H3,(H2,25,26,27);1H. The Hall–Kier alpha value is -0.860. The van der Waals surface area contributed by atoms with Gasteiger partial charge in [-0.1, -0.05) is 30.7 Å². The van der Waals surface area contributed by atoms with E-state index in [1.807, 2.05) is 0 Å². The molecule has 170 valence electrons. The summed E-state index contributed by atoms with van der Waals surface area (Å²) in [5.74, 6) is 0.943. The van der Waals surface area contributed by atoms with E-state index < -0.39 is 0 Å². The first-order chi connectivity index (χ1) is 14.0. The van der Waals surface area contributed by atoms with Gasteiger partial charge in [-0.3, -0.25) is 9.89 Å². The van der Waals surface area contributed by atoms with E-state index in [0.717, 1.165) is 19.0 Å². The molecule has 0 radical (unpaired) electrons. The number of rotatable bonds is 6. The number of guanidine groups is 1. The van der Waals surface area contributed by atoms with Crippen molar-refractivity contribution in [1.82, 2.24) is 20.4 Å². The third-order valence-electron chi connectivity index (χ3n) is 6.83. The normalized spacial score (nSPS) is 21.5. The minimum absolute atomic E-state index is 0. The van der Waals surface area contributed by atoms with Gasteiger partial charge in [-0.2, -0.15) is 0 Å². The van der Waals surface area contributed by atoms with Crippen LogP contribution in [0.15, 0.2) is 29.3 Å². The molecule has 5 nitrogen and oxygen atoms in total. The number of nitrogens with zero attached hydrogens (tertiary/aromatic N) is 3. The number of aryl methyl sites for hydroxylation is 1. The SMILES string of the molecule is CCNC(=NCC1(N2CCCCC2)CCN(C)CC1)NC(C)c1ccccc1C.I. The Morgan fingerprint density at radius 3 is 2.40 bits per heavy atom. The number of aliphatic imine (C=N–C) groups is 1. The number of benzene rings is 1. The average molecular weight is 528 g/mol. The highest BCUT2D eigenvalue weighted by Gasteiger charge is 2.39. The van der Waals surface area contributed by atoms with E-state index in [1.165, 1.54) is 69.4 Å². The van der Waals surface area contributed by atoms with Gasteiger partial charge in [0.15, 0.2) is 5.96 Å². The highest BCUT2D eigenvalue weighted by atomic mass is 127. The van der Waals surface area contributed by atoms with Crippen molar-refractivity contribution in [3.05, 3.63) is 35.4 Å². The summed E-state index contributed by atoms with van der Waals surface area (Å²) in [4.78, 5) is 10.4. The van der Waals surface area contributed by atoms with E-state index in [1.54, 1.807) is 0 Å². The second-order valence-electron chi connectivity index (χ2n) is 8.99. The summed E-state index contributed by atoms with van der Waals surface area (Å²) in [6.07, 6.45) is 6.50. The third-order valence-corrected chi connectivity index (χ3v) is 6.83. The zero-order chi connectivity index (χ0) is 20.7. The van der Waals surface area contributed by atoms with Crippen molar-refractivity contribution in [3.63, 3.8) is 0 Å². The number of halogens is 1. The topological polar surface area (TPSA) is 42.9 Å². The van der Waals surface area contributed by atoms with Crippen LogP contribution < -0.4 is 10.6 Å². The van der Waals surface area contributed by atoms with Gasteiger partial charge in [0.25, 0.3) is 0 Å². The molecular formula is C24H42IN5. The third kappa shape index (κ3) is 6.57. The quantitative estimate of drug-likeness (QED) is 0.331. The van der Waals surface area contributed by atoms with Gasteiger partial charge in [0.05, 0.1) is 12.6 Å². The lowest BCUT2D eigenvalue weighted by Crippen LogP contribution is -2.58. The Labute approximate surface area is 201 Å². The zero-order valence-electron chi connectivity index (χ0n) is 19.4. The summed E-state index contributed by atoms with van der Waals surface area (Å²) in [7, 11) is 2.25. The van der Waals surface area contributed by atoms with Gasteiger partial charge in [-0.25, -0.2) is 0 Å². The van der Waals surface area contributed by atoms with Crippen LogP contribution in [0.25, 0.3) is 0 Å². The molecule has 0 aliphatic carbocycles. The van der Waals surface area contributed by atoms with Gasteiger partial charge in [0.1, 0.15) is 0 Å². The molecule has 0 spiro atoms. The minimum atomic E-state index is 0. The second-order valence-corrected chi connectivity index (χ2v) is 8.99. The molecule has 0 bridgehead atoms. The van der Waals surface area contributed by atoms with Crippen LogP contribution in [0.3, 0.4) is 0 Å². The summed E-state index contributed by atoms with van der Waals surface area (Å²) >= 11 is 0. The molecule has 1 aromatic carbocycles. The van der Waals surface area contributed by atoms with Crippen LogP contribution in [-0.2, 0) is 0 Å². The minimum Gasteiger partial charge on any atom is -0.357 e. The van der Waals surface area contributed by atoms with E-state index >= 15 is 0 Å². The number of hydrogen-bond acceptors (Lipinski definition) is 3. The Bertz CT molecular complexity index is 663. The zero-order valence-corrected chi connectivity index (χ0v) is 21.7. The van der Waals surface area contributed by atoms with Gasteiger partial charge in [0.2, 0.25) is 0 Å². The molecule has 30 heavy (non-hydrogen) atoms. The Balaban J connectivity index is 0.00000320. The first kappa shape index (κ1) is 25.4. The lowest BCUT2D eigenvalue weighted by atomic mass is 9.84. The van der Waals surface area contributed by atoms with E-state index in [0.29, 0.717) is 0 Å². The summed E-state index contributed by atoms with van der Waals surface area (Å²) in [6, 6.07) is 8.85. The Morgan fingerprint density at radius 1 is 1.10 bits per heavy atom. The summed E-state index contributed by atoms with van der Waals surface area (Å²) < 4.78 is 0. The van der Waals surface area contributed by atoms with E-state index in [9.17, 15) is 0 Å². The summed E-state index contributed by atoms with van der Waals surface area (Å²) in [5.41, 5.74) is 2.88. The summed E-state index contributed by atoms with van der Waals surface area (Å²) in [6.45, 7) is 13.2. The molecule has 2 aliphatic rings. The van der Waals surface area contributed by atoms with Crippen LogP contribution >= 0.6 is 24.0 Å². The largest absolute Gasteiger partial charge is 0.357 e. The van der Waals surface area contributed by atoms with Crippen LogP contribution in [-0.4, -0.2) is 67.6 Å². The van der Waals surface area contributed by atoms with Crippen molar-refractivity contribution in [2.75, 3.05) is 46.3 Å². The van der Waals surface area contributed by atoms with Crippen molar-refractivity contribution in [2.24, 2.45) is 4.99 Å². The molecule has 0 amide bonds. The molecule has 0 saturated carbocycles. The highest BCUT2D eigenvalue weighted by Crippen LogP contribution is 2.31. The van der Waals surface area contributed by atoms with Gasteiger partial charge in [0, 0.05) is 12.1 Å². The number of hydrogen-bond donors (Lipinski definition) is 2. The number of nitrogens with one attached hydrogen (secondary N) is 2. The fourth-order valence-corrected chi connectivity index (χ4v) is 4.88. The highest BCUT2D eigenvalue weighted by molar-refractivity contribution is 14.0. The van der Waals surface area contributed by atoms with Gasteiger partial charge < -0.3 is 15.5 Å². The Morgan fingerprint density at radius 2 is 1.77 bits per heavy atom. The predicted octanol–water partition coefficient (Wildman–Crippen LogP) is 4.18. The first-order valence-corrected chi connectivity index (χ1v) is 11.6. The molecule has 2 saturated heterocycles. The van der Waals surface area contributed by atoms with Crippen LogP contribution in [0, 0.1) is 6.92 Å². The number of likely N-dealkylation sites (tertiary alicyclic amines) is 2. The summed E-state index contributed by atoms with van der Waals surface area (Å²) in [5, 5.41) is 7.13. The Kier molecular flexibility index (Phi) is 10.4. The lowest BCUT2D eigenvalue weighted by Gasteiger charge is -2.49. The van der Waals surface area contributed by atoms with Crippen LogP contribution in [0.1, 0.15) is 63.1 Å². The fourth-order valence-electron chi connectivity index (χ4n) is 4.88. The maximum absolute atomic E-state index is 5.14. The van der Waals surface area contributed by atoms with Crippen LogP contribution in [0.4, 0.5) is 0 Å². The van der Waals surface area contributed by atoms with E-state index in [4.69, 9.17) is 4.99 Å². The monoisotopic (exact) mass is 527 g/mol. The van der Waals surface area contributed by atoms with Gasteiger partial charge >= 0.3 is 0 Å². The molecule has 2 heterocycles.